The lowest BCUT2D eigenvalue weighted by atomic mass is 10.2. The second-order valence-electron chi connectivity index (χ2n) is 3.73. The topological polar surface area (TPSA) is 47.9 Å². The summed E-state index contributed by atoms with van der Waals surface area (Å²) >= 11 is 0. The Labute approximate surface area is 102 Å². The molecule has 0 aliphatic rings. The molecule has 0 aromatic heterocycles. The van der Waals surface area contributed by atoms with E-state index in [1.54, 1.807) is 14.2 Å². The predicted octanol–water partition coefficient (Wildman–Crippen LogP) is 1.23. The fraction of sp³-hybridized carbons (Fsp3) is 0.538. The molecule has 0 saturated carbocycles. The zero-order valence-electron chi connectivity index (χ0n) is 10.3. The molecular formula is C13H20O4. The fourth-order valence-corrected chi connectivity index (χ4v) is 1.54. The number of ether oxygens (including phenoxy) is 3. The minimum atomic E-state index is -0.351. The summed E-state index contributed by atoms with van der Waals surface area (Å²) < 4.78 is 15.9. The van der Waals surface area contributed by atoms with Crippen LogP contribution in [0.4, 0.5) is 0 Å². The molecule has 1 aromatic carbocycles. The maximum Gasteiger partial charge on any atom is 0.109 e. The van der Waals surface area contributed by atoms with Crippen LogP contribution >= 0.6 is 0 Å². The molecule has 0 radical (unpaired) electrons. The van der Waals surface area contributed by atoms with Crippen LogP contribution in [0.5, 0.6) is 0 Å². The van der Waals surface area contributed by atoms with Gasteiger partial charge in [0.05, 0.1) is 19.8 Å². The lowest BCUT2D eigenvalue weighted by Crippen LogP contribution is -2.36. The minimum Gasteiger partial charge on any atom is -0.394 e. The van der Waals surface area contributed by atoms with Crippen molar-refractivity contribution in [3.8, 4) is 0 Å². The van der Waals surface area contributed by atoms with E-state index in [0.29, 0.717) is 13.2 Å². The molecule has 0 aliphatic heterocycles. The molecule has 2 unspecified atom stereocenters. The first-order valence-corrected chi connectivity index (χ1v) is 5.60. The van der Waals surface area contributed by atoms with Gasteiger partial charge in [0.1, 0.15) is 12.2 Å². The number of hydrogen-bond donors (Lipinski definition) is 1. The average molecular weight is 240 g/mol. The quantitative estimate of drug-likeness (QED) is 0.742. The summed E-state index contributed by atoms with van der Waals surface area (Å²) in [5.74, 6) is 0. The summed E-state index contributed by atoms with van der Waals surface area (Å²) in [6, 6.07) is 9.91. The third kappa shape index (κ3) is 4.83. The van der Waals surface area contributed by atoms with E-state index < -0.39 is 0 Å². The first-order chi connectivity index (χ1) is 8.31. The van der Waals surface area contributed by atoms with Gasteiger partial charge in [0.25, 0.3) is 0 Å². The van der Waals surface area contributed by atoms with Gasteiger partial charge in [0, 0.05) is 14.2 Å². The number of hydrogen-bond acceptors (Lipinski definition) is 4. The first-order valence-electron chi connectivity index (χ1n) is 5.60. The molecule has 0 aliphatic carbocycles. The normalized spacial score (nSPS) is 14.5. The molecule has 1 aromatic rings. The number of methoxy groups -OCH3 is 2. The van der Waals surface area contributed by atoms with Gasteiger partial charge in [0.2, 0.25) is 0 Å². The van der Waals surface area contributed by atoms with E-state index in [4.69, 9.17) is 19.3 Å². The number of aliphatic hydroxyl groups excluding tert-OH is 1. The largest absolute Gasteiger partial charge is 0.394 e. The lowest BCUT2D eigenvalue weighted by molar-refractivity contribution is -0.0941. The van der Waals surface area contributed by atoms with Gasteiger partial charge in [-0.15, -0.1) is 0 Å². The summed E-state index contributed by atoms with van der Waals surface area (Å²) in [4.78, 5) is 0. The molecule has 0 amide bonds. The van der Waals surface area contributed by atoms with E-state index in [2.05, 4.69) is 0 Å². The Morgan fingerprint density at radius 3 is 2.24 bits per heavy atom. The molecule has 4 heteroatoms. The van der Waals surface area contributed by atoms with Crippen molar-refractivity contribution < 1.29 is 19.3 Å². The van der Waals surface area contributed by atoms with Crippen LogP contribution in [0, 0.1) is 0 Å². The van der Waals surface area contributed by atoms with Crippen molar-refractivity contribution in [2.75, 3.05) is 27.4 Å². The van der Waals surface area contributed by atoms with Gasteiger partial charge in [-0.05, 0) is 5.56 Å². The molecular weight excluding hydrogens is 220 g/mol. The smallest absolute Gasteiger partial charge is 0.109 e. The van der Waals surface area contributed by atoms with Gasteiger partial charge in [-0.1, -0.05) is 30.3 Å². The molecule has 1 rings (SSSR count). The van der Waals surface area contributed by atoms with Crippen LogP contribution in [-0.4, -0.2) is 44.7 Å². The Morgan fingerprint density at radius 1 is 1.06 bits per heavy atom. The maximum absolute atomic E-state index is 9.08. The van der Waals surface area contributed by atoms with Crippen LogP contribution < -0.4 is 0 Å². The third-order valence-electron chi connectivity index (χ3n) is 2.59. The van der Waals surface area contributed by atoms with E-state index in [1.165, 1.54) is 0 Å². The Hall–Kier alpha value is -0.940. The third-order valence-corrected chi connectivity index (χ3v) is 2.59. The standard InChI is InChI=1S/C13H20O4/c1-15-12(8-14)13(16-2)10-17-9-11-6-4-3-5-7-11/h3-7,12-14H,8-10H2,1-2H3. The second-order valence-corrected chi connectivity index (χ2v) is 3.73. The van der Waals surface area contributed by atoms with Crippen LogP contribution in [0.1, 0.15) is 5.56 Å². The van der Waals surface area contributed by atoms with Gasteiger partial charge < -0.3 is 19.3 Å². The summed E-state index contributed by atoms with van der Waals surface area (Å²) in [6.07, 6.45) is -0.607. The van der Waals surface area contributed by atoms with Crippen molar-refractivity contribution in [1.82, 2.24) is 0 Å². The molecule has 0 spiro atoms. The summed E-state index contributed by atoms with van der Waals surface area (Å²) in [5, 5.41) is 9.08. The molecule has 0 fully saturated rings. The van der Waals surface area contributed by atoms with Crippen LogP contribution in [0.2, 0.25) is 0 Å². The minimum absolute atomic E-state index is 0.0797. The molecule has 4 nitrogen and oxygen atoms in total. The lowest BCUT2D eigenvalue weighted by Gasteiger charge is -2.22. The summed E-state index contributed by atoms with van der Waals surface area (Å²) in [7, 11) is 3.13. The highest BCUT2D eigenvalue weighted by atomic mass is 16.6. The highest BCUT2D eigenvalue weighted by molar-refractivity contribution is 5.13. The summed E-state index contributed by atoms with van der Waals surface area (Å²) in [6.45, 7) is 0.844. The van der Waals surface area contributed by atoms with Crippen molar-refractivity contribution >= 4 is 0 Å². The average Bonchev–Trinajstić information content (AvgIpc) is 2.39. The van der Waals surface area contributed by atoms with E-state index in [-0.39, 0.29) is 18.8 Å². The molecule has 17 heavy (non-hydrogen) atoms. The van der Waals surface area contributed by atoms with Crippen molar-refractivity contribution in [1.29, 1.82) is 0 Å². The van der Waals surface area contributed by atoms with Crippen molar-refractivity contribution in [3.63, 3.8) is 0 Å². The highest BCUT2D eigenvalue weighted by Gasteiger charge is 2.20. The van der Waals surface area contributed by atoms with Crippen molar-refractivity contribution in [2.45, 2.75) is 18.8 Å². The molecule has 0 bridgehead atoms. The van der Waals surface area contributed by atoms with Gasteiger partial charge >= 0.3 is 0 Å². The monoisotopic (exact) mass is 240 g/mol. The van der Waals surface area contributed by atoms with Crippen LogP contribution in [0.3, 0.4) is 0 Å². The number of aliphatic hydroxyl groups is 1. The van der Waals surface area contributed by atoms with E-state index in [9.17, 15) is 0 Å². The SMILES string of the molecule is COC(CO)C(COCc1ccccc1)OC. The Balaban J connectivity index is 2.33. The van der Waals surface area contributed by atoms with Gasteiger partial charge in [0.15, 0.2) is 0 Å². The van der Waals surface area contributed by atoms with Gasteiger partial charge in [-0.2, -0.15) is 0 Å². The second kappa shape index (κ2) is 8.20. The van der Waals surface area contributed by atoms with Crippen molar-refractivity contribution in [2.24, 2.45) is 0 Å². The van der Waals surface area contributed by atoms with Crippen LogP contribution in [0.25, 0.3) is 0 Å². The number of rotatable bonds is 8. The Kier molecular flexibility index (Phi) is 6.81. The van der Waals surface area contributed by atoms with Gasteiger partial charge in [-0.3, -0.25) is 0 Å². The predicted molar refractivity (Wildman–Crippen MR) is 64.8 cm³/mol. The maximum atomic E-state index is 9.08. The zero-order valence-corrected chi connectivity index (χ0v) is 10.3. The Bertz CT molecular complexity index is 285. The van der Waals surface area contributed by atoms with Gasteiger partial charge in [-0.25, -0.2) is 0 Å². The number of benzene rings is 1. The zero-order chi connectivity index (χ0) is 12.5. The highest BCUT2D eigenvalue weighted by Crippen LogP contribution is 2.06. The van der Waals surface area contributed by atoms with Crippen LogP contribution in [0.15, 0.2) is 30.3 Å². The van der Waals surface area contributed by atoms with E-state index >= 15 is 0 Å². The van der Waals surface area contributed by atoms with Crippen LogP contribution in [-0.2, 0) is 20.8 Å². The van der Waals surface area contributed by atoms with E-state index in [1.807, 2.05) is 30.3 Å². The fourth-order valence-electron chi connectivity index (χ4n) is 1.54. The molecule has 0 heterocycles. The summed E-state index contributed by atoms with van der Waals surface area (Å²) in [5.41, 5.74) is 1.11. The molecule has 1 N–H and O–H groups in total. The molecule has 0 saturated heterocycles. The molecule has 2 atom stereocenters. The van der Waals surface area contributed by atoms with E-state index in [0.717, 1.165) is 5.56 Å². The van der Waals surface area contributed by atoms with Crippen molar-refractivity contribution in [3.05, 3.63) is 35.9 Å². The molecule has 96 valence electrons. The Morgan fingerprint density at radius 2 is 1.71 bits per heavy atom. The first kappa shape index (κ1) is 14.1.